The first-order chi connectivity index (χ1) is 12.2. The van der Waals surface area contributed by atoms with Crippen molar-refractivity contribution >= 4 is 46.5 Å². The largest absolute Gasteiger partial charge is 0.398 e. The molecule has 0 spiro atoms. The molecule has 1 aliphatic rings. The molecule has 0 heterocycles. The maximum absolute atomic E-state index is 14.5. The van der Waals surface area contributed by atoms with Crippen LogP contribution in [0.25, 0.3) is 0 Å². The van der Waals surface area contributed by atoms with Crippen LogP contribution in [0.4, 0.5) is 23.2 Å². The molecule has 0 N–H and O–H groups in total. The molecule has 0 saturated heterocycles. The Hall–Kier alpha value is -0.660. The molecular weight excluding hydrogens is 423 g/mol. The molecule has 1 atom stereocenters. The second-order valence-corrected chi connectivity index (χ2v) is 9.81. The highest BCUT2D eigenvalue weighted by Crippen LogP contribution is 2.69. The van der Waals surface area contributed by atoms with Gasteiger partial charge in [0.05, 0.1) is 11.2 Å². The van der Waals surface area contributed by atoms with Crippen molar-refractivity contribution in [3.63, 3.8) is 0 Å². The first-order valence-corrected chi connectivity index (χ1v) is 10.1. The van der Waals surface area contributed by atoms with E-state index in [9.17, 15) is 17.6 Å². The zero-order valence-electron chi connectivity index (χ0n) is 15.7. The fourth-order valence-electron chi connectivity index (χ4n) is 3.19. The maximum Gasteiger partial charge on any atom is 0.398 e. The first kappa shape index (κ1) is 22.6. The van der Waals surface area contributed by atoms with E-state index in [4.69, 9.17) is 23.2 Å². The van der Waals surface area contributed by atoms with E-state index in [0.717, 1.165) is 0 Å². The van der Waals surface area contributed by atoms with Gasteiger partial charge in [0.2, 0.25) is 0 Å². The van der Waals surface area contributed by atoms with Gasteiger partial charge in [-0.25, -0.2) is 9.38 Å². The van der Waals surface area contributed by atoms with Crippen molar-refractivity contribution < 1.29 is 17.6 Å². The predicted octanol–water partition coefficient (Wildman–Crippen LogP) is 6.60. The maximum atomic E-state index is 14.5. The minimum Gasteiger partial charge on any atom is -0.366 e. The third kappa shape index (κ3) is 4.67. The molecule has 1 aromatic carbocycles. The summed E-state index contributed by atoms with van der Waals surface area (Å²) >= 11 is 13.4. The number of alkyl halides is 5. The number of hydrogen-bond donors (Lipinski definition) is 0. The number of rotatable bonds is 5. The average molecular weight is 445 g/mol. The van der Waals surface area contributed by atoms with Crippen LogP contribution >= 0.6 is 35.0 Å². The molecule has 0 aromatic heterocycles. The highest BCUT2D eigenvalue weighted by molar-refractivity contribution is 7.99. The van der Waals surface area contributed by atoms with Crippen LogP contribution in [-0.4, -0.2) is 41.1 Å². The molecule has 0 amide bonds. The smallest absolute Gasteiger partial charge is 0.366 e. The van der Waals surface area contributed by atoms with Gasteiger partial charge in [0.25, 0.3) is 0 Å². The molecule has 1 aliphatic carbocycles. The summed E-state index contributed by atoms with van der Waals surface area (Å²) < 4.78 is 51.1. The number of amidine groups is 1. The molecule has 2 rings (SSSR count). The van der Waals surface area contributed by atoms with Crippen molar-refractivity contribution in [3.05, 3.63) is 23.5 Å². The van der Waals surface area contributed by atoms with Crippen molar-refractivity contribution in [2.24, 2.45) is 16.3 Å². The van der Waals surface area contributed by atoms with Crippen LogP contribution in [0, 0.1) is 24.1 Å². The molecule has 0 aliphatic heterocycles. The lowest BCUT2D eigenvalue weighted by Gasteiger charge is -2.29. The molecular formula is C18H22Cl2F4N2S. The molecule has 1 aromatic rings. The van der Waals surface area contributed by atoms with E-state index in [1.54, 1.807) is 25.9 Å². The van der Waals surface area contributed by atoms with Gasteiger partial charge in [0.1, 0.15) is 21.7 Å². The van der Waals surface area contributed by atoms with Gasteiger partial charge in [-0.3, -0.25) is 0 Å². The van der Waals surface area contributed by atoms with E-state index in [1.807, 2.05) is 13.8 Å². The predicted molar refractivity (Wildman–Crippen MR) is 105 cm³/mol. The second kappa shape index (κ2) is 7.64. The Bertz CT molecular complexity index is 748. The van der Waals surface area contributed by atoms with E-state index < -0.39 is 27.5 Å². The summed E-state index contributed by atoms with van der Waals surface area (Å²) in [6.07, 6.45) is -3.84. The number of aliphatic imine (C=N–C) groups is 1. The van der Waals surface area contributed by atoms with Crippen LogP contribution in [0.5, 0.6) is 0 Å². The van der Waals surface area contributed by atoms with Crippen molar-refractivity contribution in [3.8, 4) is 0 Å². The normalized spacial score (nSPS) is 22.3. The Morgan fingerprint density at radius 3 is 2.26 bits per heavy atom. The number of thioether (sulfide) groups is 1. The zero-order valence-corrected chi connectivity index (χ0v) is 18.0. The second-order valence-electron chi connectivity index (χ2n) is 7.31. The standard InChI is InChI=1S/C18H22Cl2F4N2S/c1-10(2)16(8-17(16,19)20)15(26(4)5)25-13-7-14(11(3)6-12(13)21)27-9-18(22,23)24/h6-7,10H,8-9H2,1-5H3/b25-15-. The third-order valence-electron chi connectivity index (χ3n) is 4.70. The van der Waals surface area contributed by atoms with Crippen LogP contribution in [0.3, 0.4) is 0 Å². The highest BCUT2D eigenvalue weighted by atomic mass is 35.5. The number of nitrogens with zero attached hydrogens (tertiary/aromatic N) is 2. The SMILES string of the molecule is Cc1cc(F)c(/N=C(\N(C)C)C2(C(C)C)CC2(Cl)Cl)cc1SCC(F)(F)F. The molecule has 2 nitrogen and oxygen atoms in total. The van der Waals surface area contributed by atoms with Crippen molar-refractivity contribution in [1.29, 1.82) is 0 Å². The minimum absolute atomic E-state index is 0.0231. The zero-order chi connectivity index (χ0) is 20.8. The number of benzene rings is 1. The van der Waals surface area contributed by atoms with E-state index in [1.165, 1.54) is 12.1 Å². The Morgan fingerprint density at radius 1 is 1.30 bits per heavy atom. The van der Waals surface area contributed by atoms with E-state index in [2.05, 4.69) is 4.99 Å². The highest BCUT2D eigenvalue weighted by Gasteiger charge is 2.71. The van der Waals surface area contributed by atoms with Gasteiger partial charge < -0.3 is 4.90 Å². The topological polar surface area (TPSA) is 15.6 Å². The summed E-state index contributed by atoms with van der Waals surface area (Å²) in [4.78, 5) is 6.53. The lowest BCUT2D eigenvalue weighted by molar-refractivity contribution is -0.105. The molecule has 0 bridgehead atoms. The van der Waals surface area contributed by atoms with Gasteiger partial charge in [0.15, 0.2) is 0 Å². The quantitative estimate of drug-likeness (QED) is 0.167. The van der Waals surface area contributed by atoms with Gasteiger partial charge in [-0.2, -0.15) is 13.2 Å². The van der Waals surface area contributed by atoms with E-state index in [-0.39, 0.29) is 11.6 Å². The Labute approximate surface area is 171 Å². The van der Waals surface area contributed by atoms with Crippen LogP contribution in [0.1, 0.15) is 25.8 Å². The molecule has 1 unspecified atom stereocenters. The molecule has 27 heavy (non-hydrogen) atoms. The lowest BCUT2D eigenvalue weighted by atomic mass is 9.90. The van der Waals surface area contributed by atoms with Gasteiger partial charge in [-0.05, 0) is 37.0 Å². The van der Waals surface area contributed by atoms with Gasteiger partial charge in [-0.1, -0.05) is 13.8 Å². The molecule has 9 heteroatoms. The number of halogens is 6. The van der Waals surface area contributed by atoms with Crippen LogP contribution in [0.2, 0.25) is 0 Å². The third-order valence-corrected chi connectivity index (χ3v) is 6.86. The van der Waals surface area contributed by atoms with Crippen molar-refractivity contribution in [1.82, 2.24) is 4.90 Å². The van der Waals surface area contributed by atoms with Crippen molar-refractivity contribution in [2.75, 3.05) is 19.8 Å². The van der Waals surface area contributed by atoms with Gasteiger partial charge in [-0.15, -0.1) is 35.0 Å². The molecule has 0 radical (unpaired) electrons. The van der Waals surface area contributed by atoms with Crippen LogP contribution < -0.4 is 0 Å². The van der Waals surface area contributed by atoms with Crippen LogP contribution in [0.15, 0.2) is 22.0 Å². The van der Waals surface area contributed by atoms with Crippen LogP contribution in [-0.2, 0) is 0 Å². The number of hydrogen-bond acceptors (Lipinski definition) is 2. The fourth-order valence-corrected chi connectivity index (χ4v) is 5.02. The Balaban J connectivity index is 2.49. The summed E-state index contributed by atoms with van der Waals surface area (Å²) in [6, 6.07) is 2.56. The summed E-state index contributed by atoms with van der Waals surface area (Å²) in [5.41, 5.74) is -0.234. The lowest BCUT2D eigenvalue weighted by Crippen LogP contribution is -2.37. The first-order valence-electron chi connectivity index (χ1n) is 8.35. The Morgan fingerprint density at radius 2 is 1.85 bits per heavy atom. The van der Waals surface area contributed by atoms with Crippen molar-refractivity contribution in [2.45, 2.75) is 42.6 Å². The summed E-state index contributed by atoms with van der Waals surface area (Å²) in [5.74, 6) is -1.10. The fraction of sp³-hybridized carbons (Fsp3) is 0.611. The monoisotopic (exact) mass is 444 g/mol. The minimum atomic E-state index is -4.31. The van der Waals surface area contributed by atoms with Gasteiger partial charge >= 0.3 is 6.18 Å². The summed E-state index contributed by atoms with van der Waals surface area (Å²) in [7, 11) is 3.52. The van der Waals surface area contributed by atoms with E-state index >= 15 is 0 Å². The Kier molecular flexibility index (Phi) is 6.40. The molecule has 1 fully saturated rings. The van der Waals surface area contributed by atoms with Gasteiger partial charge in [0, 0.05) is 19.0 Å². The summed E-state index contributed by atoms with van der Waals surface area (Å²) in [6.45, 7) is 5.49. The molecule has 152 valence electrons. The summed E-state index contributed by atoms with van der Waals surface area (Å²) in [5, 5.41) is 0. The number of aryl methyl sites for hydroxylation is 1. The molecule has 1 saturated carbocycles. The van der Waals surface area contributed by atoms with E-state index in [0.29, 0.717) is 34.5 Å². The average Bonchev–Trinajstić information content (AvgIpc) is 3.07.